The maximum absolute atomic E-state index is 14.1. The highest BCUT2D eigenvalue weighted by Gasteiger charge is 2.23. The van der Waals surface area contributed by atoms with Crippen LogP contribution >= 0.6 is 0 Å². The molecule has 20 heavy (non-hydrogen) atoms. The van der Waals surface area contributed by atoms with Crippen LogP contribution in [-0.4, -0.2) is 13.2 Å². The predicted octanol–water partition coefficient (Wildman–Crippen LogP) is 4.01. The number of ether oxygens (including phenoxy) is 1. The van der Waals surface area contributed by atoms with E-state index < -0.39 is 11.6 Å². The van der Waals surface area contributed by atoms with Crippen molar-refractivity contribution >= 4 is 0 Å². The van der Waals surface area contributed by atoms with Gasteiger partial charge in [-0.2, -0.15) is 0 Å². The molecule has 1 aromatic carbocycles. The molecule has 1 unspecified atom stereocenters. The second kappa shape index (κ2) is 6.84. The van der Waals surface area contributed by atoms with Crippen LogP contribution in [0.2, 0.25) is 0 Å². The second-order valence-electron chi connectivity index (χ2n) is 5.11. The van der Waals surface area contributed by atoms with Gasteiger partial charge in [-0.15, -0.1) is 0 Å². The first-order valence-corrected chi connectivity index (χ1v) is 7.15. The molecular formula is C16H21F2NO. The van der Waals surface area contributed by atoms with E-state index in [2.05, 4.69) is 5.32 Å². The third-order valence-corrected chi connectivity index (χ3v) is 3.43. The van der Waals surface area contributed by atoms with E-state index >= 15 is 0 Å². The molecule has 1 heterocycles. The summed E-state index contributed by atoms with van der Waals surface area (Å²) in [6.07, 6.45) is 4.84. The standard InChI is InChI=1S/C16H21F2NO/c1-3-7-19-16(15-6-4-5-8-20-15)12-9-11(2)13(17)10-14(12)18/h6,9-10,16,19H,3-5,7-8H2,1-2H3. The first kappa shape index (κ1) is 15.0. The van der Waals surface area contributed by atoms with Gasteiger partial charge in [0, 0.05) is 11.6 Å². The average molecular weight is 281 g/mol. The molecule has 110 valence electrons. The molecule has 0 amide bonds. The van der Waals surface area contributed by atoms with Crippen molar-refractivity contribution in [1.82, 2.24) is 5.32 Å². The fraction of sp³-hybridized carbons (Fsp3) is 0.500. The van der Waals surface area contributed by atoms with Crippen LogP contribution in [0.15, 0.2) is 24.0 Å². The number of allylic oxidation sites excluding steroid dienone is 1. The Kier molecular flexibility index (Phi) is 5.12. The first-order valence-electron chi connectivity index (χ1n) is 7.15. The van der Waals surface area contributed by atoms with Crippen molar-refractivity contribution in [2.24, 2.45) is 0 Å². The molecule has 1 aliphatic heterocycles. The molecule has 0 aromatic heterocycles. The molecule has 0 bridgehead atoms. The van der Waals surface area contributed by atoms with Crippen molar-refractivity contribution in [2.75, 3.05) is 13.2 Å². The average Bonchev–Trinajstić information content (AvgIpc) is 2.45. The molecule has 0 radical (unpaired) electrons. The SMILES string of the molecule is CCCNC(C1=CCCCO1)c1cc(C)c(F)cc1F. The summed E-state index contributed by atoms with van der Waals surface area (Å²) in [4.78, 5) is 0. The molecule has 1 atom stereocenters. The highest BCUT2D eigenvalue weighted by molar-refractivity contribution is 5.32. The summed E-state index contributed by atoms with van der Waals surface area (Å²) in [5.41, 5.74) is 0.895. The molecule has 1 aromatic rings. The third kappa shape index (κ3) is 3.37. The molecule has 4 heteroatoms. The lowest BCUT2D eigenvalue weighted by molar-refractivity contribution is 0.166. The van der Waals surface area contributed by atoms with Crippen LogP contribution in [0.3, 0.4) is 0 Å². The summed E-state index contributed by atoms with van der Waals surface area (Å²) in [5.74, 6) is -0.301. The van der Waals surface area contributed by atoms with E-state index in [0.29, 0.717) is 17.7 Å². The molecule has 1 N–H and O–H groups in total. The van der Waals surface area contributed by atoms with Crippen molar-refractivity contribution in [3.63, 3.8) is 0 Å². The Morgan fingerprint density at radius 3 is 2.75 bits per heavy atom. The first-order chi connectivity index (χ1) is 9.63. The summed E-state index contributed by atoms with van der Waals surface area (Å²) in [5, 5.41) is 3.29. The lowest BCUT2D eigenvalue weighted by Crippen LogP contribution is -2.27. The Labute approximate surface area is 118 Å². The number of halogens is 2. The Morgan fingerprint density at radius 2 is 2.10 bits per heavy atom. The number of nitrogens with one attached hydrogen (secondary N) is 1. The van der Waals surface area contributed by atoms with Gasteiger partial charge in [0.2, 0.25) is 0 Å². The Balaban J connectivity index is 2.35. The van der Waals surface area contributed by atoms with Crippen molar-refractivity contribution in [3.05, 3.63) is 46.7 Å². The van der Waals surface area contributed by atoms with E-state index in [4.69, 9.17) is 4.74 Å². The highest BCUT2D eigenvalue weighted by atomic mass is 19.1. The number of hydrogen-bond donors (Lipinski definition) is 1. The zero-order valence-corrected chi connectivity index (χ0v) is 12.0. The van der Waals surface area contributed by atoms with Crippen LogP contribution < -0.4 is 5.32 Å². The molecule has 0 aliphatic carbocycles. The van der Waals surface area contributed by atoms with Crippen molar-refractivity contribution in [2.45, 2.75) is 39.2 Å². The minimum absolute atomic E-state index is 0.338. The van der Waals surface area contributed by atoms with Crippen LogP contribution in [0, 0.1) is 18.6 Å². The summed E-state index contributed by atoms with van der Waals surface area (Å²) >= 11 is 0. The van der Waals surface area contributed by atoms with E-state index in [-0.39, 0.29) is 6.04 Å². The zero-order chi connectivity index (χ0) is 14.5. The second-order valence-corrected chi connectivity index (χ2v) is 5.11. The van der Waals surface area contributed by atoms with Crippen LogP contribution in [0.4, 0.5) is 8.78 Å². The van der Waals surface area contributed by atoms with E-state index in [1.807, 2.05) is 13.0 Å². The maximum Gasteiger partial charge on any atom is 0.131 e. The van der Waals surface area contributed by atoms with Gasteiger partial charge in [0.15, 0.2) is 0 Å². The third-order valence-electron chi connectivity index (χ3n) is 3.43. The molecule has 0 fully saturated rings. The predicted molar refractivity (Wildman–Crippen MR) is 75.4 cm³/mol. The Hall–Kier alpha value is -1.42. The van der Waals surface area contributed by atoms with Gasteiger partial charge in [0.05, 0.1) is 12.6 Å². The highest BCUT2D eigenvalue weighted by Crippen LogP contribution is 2.29. The Morgan fingerprint density at radius 1 is 1.30 bits per heavy atom. The van der Waals surface area contributed by atoms with Gasteiger partial charge in [0.1, 0.15) is 17.4 Å². The lowest BCUT2D eigenvalue weighted by Gasteiger charge is -2.25. The fourth-order valence-electron chi connectivity index (χ4n) is 2.33. The van der Waals surface area contributed by atoms with Gasteiger partial charge in [-0.25, -0.2) is 8.78 Å². The topological polar surface area (TPSA) is 21.3 Å². The van der Waals surface area contributed by atoms with Crippen molar-refractivity contribution in [3.8, 4) is 0 Å². The van der Waals surface area contributed by atoms with Gasteiger partial charge in [-0.1, -0.05) is 6.92 Å². The summed E-state index contributed by atoms with van der Waals surface area (Å²) in [7, 11) is 0. The summed E-state index contributed by atoms with van der Waals surface area (Å²) in [6.45, 7) is 5.09. The zero-order valence-electron chi connectivity index (χ0n) is 12.0. The normalized spacial score (nSPS) is 16.5. The van der Waals surface area contributed by atoms with E-state index in [1.165, 1.54) is 0 Å². The van der Waals surface area contributed by atoms with Gasteiger partial charge in [-0.3, -0.25) is 0 Å². The quantitative estimate of drug-likeness (QED) is 0.880. The molecular weight excluding hydrogens is 260 g/mol. The van der Waals surface area contributed by atoms with Crippen molar-refractivity contribution < 1.29 is 13.5 Å². The molecule has 1 aliphatic rings. The van der Waals surface area contributed by atoms with Crippen LogP contribution in [0.25, 0.3) is 0 Å². The minimum Gasteiger partial charge on any atom is -0.496 e. The monoisotopic (exact) mass is 281 g/mol. The van der Waals surface area contributed by atoms with E-state index in [0.717, 1.165) is 37.6 Å². The van der Waals surface area contributed by atoms with Gasteiger partial charge in [0.25, 0.3) is 0 Å². The maximum atomic E-state index is 14.1. The van der Waals surface area contributed by atoms with Gasteiger partial charge in [-0.05, 0) is 50.4 Å². The molecule has 2 rings (SSSR count). The number of hydrogen-bond acceptors (Lipinski definition) is 2. The minimum atomic E-state index is -0.531. The van der Waals surface area contributed by atoms with E-state index in [9.17, 15) is 8.78 Å². The number of aryl methyl sites for hydroxylation is 1. The van der Waals surface area contributed by atoms with Crippen LogP contribution in [0.5, 0.6) is 0 Å². The molecule has 0 saturated heterocycles. The van der Waals surface area contributed by atoms with E-state index in [1.54, 1.807) is 13.0 Å². The smallest absolute Gasteiger partial charge is 0.131 e. The summed E-state index contributed by atoms with van der Waals surface area (Å²) in [6, 6.07) is 2.18. The molecule has 0 spiro atoms. The van der Waals surface area contributed by atoms with Crippen molar-refractivity contribution in [1.29, 1.82) is 0 Å². The number of benzene rings is 1. The van der Waals surface area contributed by atoms with Gasteiger partial charge < -0.3 is 10.1 Å². The molecule has 0 saturated carbocycles. The summed E-state index contributed by atoms with van der Waals surface area (Å²) < 4.78 is 33.2. The van der Waals surface area contributed by atoms with Crippen LogP contribution in [0.1, 0.15) is 43.4 Å². The Bertz CT molecular complexity index is 499. The van der Waals surface area contributed by atoms with Crippen LogP contribution in [-0.2, 0) is 4.74 Å². The fourth-order valence-corrected chi connectivity index (χ4v) is 2.33. The molecule has 2 nitrogen and oxygen atoms in total. The number of rotatable bonds is 5. The lowest BCUT2D eigenvalue weighted by atomic mass is 9.99. The largest absolute Gasteiger partial charge is 0.496 e. The van der Waals surface area contributed by atoms with Gasteiger partial charge >= 0.3 is 0 Å².